The second-order valence-electron chi connectivity index (χ2n) is 5.49. The summed E-state index contributed by atoms with van der Waals surface area (Å²) < 4.78 is 11.8. The quantitative estimate of drug-likeness (QED) is 0.821. The molecule has 1 aromatic rings. The zero-order valence-corrected chi connectivity index (χ0v) is 14.3. The summed E-state index contributed by atoms with van der Waals surface area (Å²) in [5, 5.41) is 0. The molecule has 0 saturated heterocycles. The summed E-state index contributed by atoms with van der Waals surface area (Å²) in [6.45, 7) is 8.49. The lowest BCUT2D eigenvalue weighted by Crippen LogP contribution is -2.34. The lowest BCUT2D eigenvalue weighted by molar-refractivity contribution is 0.0284. The van der Waals surface area contributed by atoms with Gasteiger partial charge in [0.2, 0.25) is 0 Å². The van der Waals surface area contributed by atoms with E-state index in [1.165, 1.54) is 4.90 Å². The van der Waals surface area contributed by atoms with E-state index in [1.807, 2.05) is 45.9 Å². The molecular formula is C15H22BrNO3. The number of benzene rings is 1. The van der Waals surface area contributed by atoms with E-state index in [2.05, 4.69) is 15.9 Å². The Hall–Kier alpha value is -1.23. The molecule has 0 saturated carbocycles. The Kier molecular flexibility index (Phi) is 5.87. The Balaban J connectivity index is 2.84. The van der Waals surface area contributed by atoms with Gasteiger partial charge in [-0.1, -0.05) is 22.0 Å². The van der Waals surface area contributed by atoms with Crippen LogP contribution in [-0.4, -0.2) is 30.2 Å². The van der Waals surface area contributed by atoms with Crippen molar-refractivity contribution in [2.75, 3.05) is 13.7 Å². The fourth-order valence-corrected chi connectivity index (χ4v) is 2.10. The lowest BCUT2D eigenvalue weighted by Gasteiger charge is -2.25. The molecule has 112 valence electrons. The van der Waals surface area contributed by atoms with Gasteiger partial charge in [0.25, 0.3) is 0 Å². The molecule has 20 heavy (non-hydrogen) atoms. The Morgan fingerprint density at radius 1 is 1.35 bits per heavy atom. The van der Waals surface area contributed by atoms with Gasteiger partial charge in [-0.05, 0) is 39.8 Å². The highest BCUT2D eigenvalue weighted by atomic mass is 79.9. The van der Waals surface area contributed by atoms with E-state index in [4.69, 9.17) is 9.47 Å². The highest BCUT2D eigenvalue weighted by Crippen LogP contribution is 2.28. The summed E-state index contributed by atoms with van der Waals surface area (Å²) in [4.78, 5) is 13.5. The van der Waals surface area contributed by atoms with Crippen molar-refractivity contribution >= 4 is 22.0 Å². The third-order valence-corrected chi connectivity index (χ3v) is 3.22. The van der Waals surface area contributed by atoms with Crippen molar-refractivity contribution in [2.45, 2.75) is 39.8 Å². The maximum absolute atomic E-state index is 12.0. The molecule has 1 aromatic carbocycles. The summed E-state index contributed by atoms with van der Waals surface area (Å²) in [5.74, 6) is 0.775. The Bertz CT molecular complexity index is 469. The zero-order valence-electron chi connectivity index (χ0n) is 12.7. The van der Waals surface area contributed by atoms with Crippen LogP contribution in [-0.2, 0) is 11.3 Å². The number of amides is 1. The molecule has 0 N–H and O–H groups in total. The topological polar surface area (TPSA) is 38.8 Å². The maximum Gasteiger partial charge on any atom is 0.410 e. The molecule has 0 aliphatic heterocycles. The van der Waals surface area contributed by atoms with Crippen LogP contribution in [0.4, 0.5) is 4.79 Å². The molecule has 0 atom stereocenters. The van der Waals surface area contributed by atoms with Crippen LogP contribution in [0.1, 0.15) is 33.3 Å². The minimum atomic E-state index is -0.498. The molecule has 1 rings (SSSR count). The molecular weight excluding hydrogens is 322 g/mol. The van der Waals surface area contributed by atoms with Crippen LogP contribution in [0, 0.1) is 0 Å². The largest absolute Gasteiger partial charge is 0.493 e. The standard InChI is InChI=1S/C15H22BrNO3/c1-6-19-13-9-7-8-12(16)11(13)10-17(5)14(18)20-15(2,3)4/h7-9H,6,10H2,1-5H3. The first-order valence-corrected chi connectivity index (χ1v) is 7.38. The third kappa shape index (κ3) is 5.04. The van der Waals surface area contributed by atoms with Gasteiger partial charge < -0.3 is 14.4 Å². The van der Waals surface area contributed by atoms with E-state index in [9.17, 15) is 4.79 Å². The van der Waals surface area contributed by atoms with Crippen LogP contribution in [0.15, 0.2) is 22.7 Å². The normalized spacial score (nSPS) is 11.1. The number of nitrogens with zero attached hydrogens (tertiary/aromatic N) is 1. The molecule has 0 radical (unpaired) electrons. The van der Waals surface area contributed by atoms with E-state index < -0.39 is 5.60 Å². The molecule has 0 aliphatic carbocycles. The highest BCUT2D eigenvalue weighted by Gasteiger charge is 2.21. The monoisotopic (exact) mass is 343 g/mol. The summed E-state index contributed by atoms with van der Waals surface area (Å²) in [6, 6.07) is 5.74. The SMILES string of the molecule is CCOc1cccc(Br)c1CN(C)C(=O)OC(C)(C)C. The summed E-state index contributed by atoms with van der Waals surface area (Å²) in [6.07, 6.45) is -0.351. The maximum atomic E-state index is 12.0. The molecule has 0 aromatic heterocycles. The van der Waals surface area contributed by atoms with E-state index in [0.717, 1.165) is 15.8 Å². The van der Waals surface area contributed by atoms with Crippen LogP contribution in [0.3, 0.4) is 0 Å². The van der Waals surface area contributed by atoms with Crippen LogP contribution in [0.5, 0.6) is 5.75 Å². The molecule has 0 fully saturated rings. The van der Waals surface area contributed by atoms with Gasteiger partial charge in [-0.2, -0.15) is 0 Å². The Labute approximate surface area is 129 Å². The first kappa shape index (κ1) is 16.8. The number of ether oxygens (including phenoxy) is 2. The number of carbonyl (C=O) groups excluding carboxylic acids is 1. The van der Waals surface area contributed by atoms with Crippen molar-refractivity contribution in [1.29, 1.82) is 0 Å². The van der Waals surface area contributed by atoms with Crippen molar-refractivity contribution in [3.8, 4) is 5.75 Å². The number of halogens is 1. The summed E-state index contributed by atoms with van der Waals surface area (Å²) in [7, 11) is 1.71. The minimum Gasteiger partial charge on any atom is -0.493 e. The van der Waals surface area contributed by atoms with E-state index in [0.29, 0.717) is 13.2 Å². The molecule has 0 heterocycles. The van der Waals surface area contributed by atoms with E-state index in [1.54, 1.807) is 7.05 Å². The average Bonchev–Trinajstić information content (AvgIpc) is 2.31. The van der Waals surface area contributed by atoms with Crippen molar-refractivity contribution in [3.63, 3.8) is 0 Å². The molecule has 0 spiro atoms. The lowest BCUT2D eigenvalue weighted by atomic mass is 10.2. The van der Waals surface area contributed by atoms with Crippen LogP contribution in [0.2, 0.25) is 0 Å². The zero-order chi connectivity index (χ0) is 15.3. The van der Waals surface area contributed by atoms with Gasteiger partial charge in [-0.15, -0.1) is 0 Å². The van der Waals surface area contributed by atoms with Gasteiger partial charge in [0.15, 0.2) is 0 Å². The highest BCUT2D eigenvalue weighted by molar-refractivity contribution is 9.10. The first-order valence-electron chi connectivity index (χ1n) is 6.59. The van der Waals surface area contributed by atoms with E-state index in [-0.39, 0.29) is 6.09 Å². The fourth-order valence-electron chi connectivity index (χ4n) is 1.62. The average molecular weight is 344 g/mol. The number of hydrogen-bond donors (Lipinski definition) is 0. The molecule has 0 aliphatic rings. The minimum absolute atomic E-state index is 0.351. The van der Waals surface area contributed by atoms with Crippen molar-refractivity contribution in [1.82, 2.24) is 4.90 Å². The number of carbonyl (C=O) groups is 1. The smallest absolute Gasteiger partial charge is 0.410 e. The molecule has 5 heteroatoms. The van der Waals surface area contributed by atoms with E-state index >= 15 is 0 Å². The van der Waals surface area contributed by atoms with Gasteiger partial charge in [-0.3, -0.25) is 0 Å². The second-order valence-corrected chi connectivity index (χ2v) is 6.34. The van der Waals surface area contributed by atoms with Gasteiger partial charge in [-0.25, -0.2) is 4.79 Å². The summed E-state index contributed by atoms with van der Waals surface area (Å²) in [5.41, 5.74) is 0.435. The second kappa shape index (κ2) is 6.97. The van der Waals surface area contributed by atoms with Gasteiger partial charge in [0.05, 0.1) is 13.2 Å². The number of hydrogen-bond acceptors (Lipinski definition) is 3. The van der Waals surface area contributed by atoms with Crippen LogP contribution in [0.25, 0.3) is 0 Å². The third-order valence-electron chi connectivity index (χ3n) is 2.48. The molecule has 0 bridgehead atoms. The Morgan fingerprint density at radius 3 is 2.55 bits per heavy atom. The predicted molar refractivity (Wildman–Crippen MR) is 83.0 cm³/mol. The first-order chi connectivity index (χ1) is 9.24. The van der Waals surface area contributed by atoms with Gasteiger partial charge in [0, 0.05) is 17.1 Å². The molecule has 0 unspecified atom stereocenters. The van der Waals surface area contributed by atoms with Crippen molar-refractivity contribution < 1.29 is 14.3 Å². The number of rotatable bonds is 4. The fraction of sp³-hybridized carbons (Fsp3) is 0.533. The van der Waals surface area contributed by atoms with Gasteiger partial charge in [0.1, 0.15) is 11.4 Å². The summed E-state index contributed by atoms with van der Waals surface area (Å²) >= 11 is 3.50. The molecule has 1 amide bonds. The van der Waals surface area contributed by atoms with Crippen molar-refractivity contribution in [2.24, 2.45) is 0 Å². The predicted octanol–water partition coefficient (Wildman–Crippen LogP) is 4.21. The van der Waals surface area contributed by atoms with Crippen LogP contribution < -0.4 is 4.74 Å². The molecule has 4 nitrogen and oxygen atoms in total. The van der Waals surface area contributed by atoms with Crippen LogP contribution >= 0.6 is 15.9 Å². The van der Waals surface area contributed by atoms with Crippen molar-refractivity contribution in [3.05, 3.63) is 28.2 Å². The van der Waals surface area contributed by atoms with Gasteiger partial charge >= 0.3 is 6.09 Å². The Morgan fingerprint density at radius 2 is 2.00 bits per heavy atom.